The SMILES string of the molecule is CC1(CCCCn2ncc(N)n2)OCCO1. The van der Waals surface area contributed by atoms with Gasteiger partial charge in [0.25, 0.3) is 0 Å². The van der Waals surface area contributed by atoms with Crippen LogP contribution in [0.2, 0.25) is 0 Å². The summed E-state index contributed by atoms with van der Waals surface area (Å²) in [4.78, 5) is 1.62. The number of aryl methyl sites for hydroxylation is 1. The molecule has 2 N–H and O–H groups in total. The fraction of sp³-hybridized carbons (Fsp3) is 0.800. The van der Waals surface area contributed by atoms with Crippen molar-refractivity contribution in [3.05, 3.63) is 6.20 Å². The first-order chi connectivity index (χ1) is 7.68. The van der Waals surface area contributed by atoms with Gasteiger partial charge in [0.1, 0.15) is 0 Å². The number of ether oxygens (including phenoxy) is 2. The van der Waals surface area contributed by atoms with Crippen LogP contribution in [0.15, 0.2) is 6.20 Å². The number of nitrogen functional groups attached to an aromatic ring is 1. The maximum absolute atomic E-state index is 5.52. The van der Waals surface area contributed by atoms with Crippen molar-refractivity contribution in [3.8, 4) is 0 Å². The van der Waals surface area contributed by atoms with Gasteiger partial charge in [0.05, 0.1) is 26.0 Å². The summed E-state index contributed by atoms with van der Waals surface area (Å²) in [5.41, 5.74) is 5.47. The van der Waals surface area contributed by atoms with Gasteiger partial charge in [-0.05, 0) is 19.8 Å². The molecule has 6 nitrogen and oxygen atoms in total. The molecule has 0 saturated carbocycles. The molecule has 0 atom stereocenters. The van der Waals surface area contributed by atoms with Gasteiger partial charge in [0.15, 0.2) is 11.6 Å². The molecule has 0 unspecified atom stereocenters. The predicted octanol–water partition coefficient (Wildman–Crippen LogP) is 0.794. The van der Waals surface area contributed by atoms with Crippen LogP contribution in [-0.2, 0) is 16.0 Å². The number of nitrogens with zero attached hydrogens (tertiary/aromatic N) is 3. The van der Waals surface area contributed by atoms with Crippen molar-refractivity contribution in [1.82, 2.24) is 15.0 Å². The molecule has 0 aliphatic carbocycles. The molecule has 0 aromatic carbocycles. The fourth-order valence-electron chi connectivity index (χ4n) is 1.82. The van der Waals surface area contributed by atoms with E-state index in [1.54, 1.807) is 11.0 Å². The standard InChI is InChI=1S/C10H18N4O2/c1-10(15-6-7-16-10)4-2-3-5-14-12-8-9(11)13-14/h8H,2-7H2,1H3,(H2,11,13). The zero-order valence-electron chi connectivity index (χ0n) is 9.56. The Hall–Kier alpha value is -1.14. The number of nitrogens with two attached hydrogens (primary N) is 1. The first-order valence-corrected chi connectivity index (χ1v) is 5.61. The lowest BCUT2D eigenvalue weighted by molar-refractivity contribution is -0.147. The van der Waals surface area contributed by atoms with Crippen molar-refractivity contribution in [1.29, 1.82) is 0 Å². The third kappa shape index (κ3) is 2.93. The second-order valence-corrected chi connectivity index (χ2v) is 4.15. The third-order valence-electron chi connectivity index (χ3n) is 2.69. The van der Waals surface area contributed by atoms with Crippen LogP contribution in [0.4, 0.5) is 5.82 Å². The largest absolute Gasteiger partial charge is 0.381 e. The molecule has 0 spiro atoms. The molecule has 0 bridgehead atoms. The van der Waals surface area contributed by atoms with Gasteiger partial charge in [0.2, 0.25) is 0 Å². The highest BCUT2D eigenvalue weighted by molar-refractivity contribution is 5.19. The van der Waals surface area contributed by atoms with Crippen LogP contribution in [0.3, 0.4) is 0 Å². The Kier molecular flexibility index (Phi) is 3.40. The topological polar surface area (TPSA) is 75.2 Å². The number of rotatable bonds is 5. The van der Waals surface area contributed by atoms with Crippen LogP contribution >= 0.6 is 0 Å². The van der Waals surface area contributed by atoms with Crippen molar-refractivity contribution in [2.75, 3.05) is 18.9 Å². The lowest BCUT2D eigenvalue weighted by Crippen LogP contribution is -2.25. The highest BCUT2D eigenvalue weighted by Gasteiger charge is 2.29. The Morgan fingerprint density at radius 2 is 2.19 bits per heavy atom. The van der Waals surface area contributed by atoms with Gasteiger partial charge in [-0.2, -0.15) is 9.90 Å². The molecule has 90 valence electrons. The summed E-state index contributed by atoms with van der Waals surface area (Å²) in [5, 5.41) is 8.04. The monoisotopic (exact) mass is 226 g/mol. The summed E-state index contributed by atoms with van der Waals surface area (Å²) < 4.78 is 11.0. The normalized spacial score (nSPS) is 19.1. The van der Waals surface area contributed by atoms with E-state index in [4.69, 9.17) is 15.2 Å². The number of aromatic nitrogens is 3. The predicted molar refractivity (Wildman–Crippen MR) is 58.6 cm³/mol. The van der Waals surface area contributed by atoms with Gasteiger partial charge in [-0.3, -0.25) is 0 Å². The number of hydrogen-bond acceptors (Lipinski definition) is 5. The van der Waals surface area contributed by atoms with Gasteiger partial charge >= 0.3 is 0 Å². The average molecular weight is 226 g/mol. The van der Waals surface area contributed by atoms with Gasteiger partial charge < -0.3 is 15.2 Å². The number of hydrogen-bond donors (Lipinski definition) is 1. The van der Waals surface area contributed by atoms with E-state index >= 15 is 0 Å². The first-order valence-electron chi connectivity index (χ1n) is 5.61. The molecular weight excluding hydrogens is 208 g/mol. The number of unbranched alkanes of at least 4 members (excludes halogenated alkanes) is 1. The Balaban J connectivity index is 1.65. The van der Waals surface area contributed by atoms with Crippen LogP contribution < -0.4 is 5.73 Å². The van der Waals surface area contributed by atoms with Crippen molar-refractivity contribution in [2.45, 2.75) is 38.5 Å². The van der Waals surface area contributed by atoms with Crippen LogP contribution in [0.5, 0.6) is 0 Å². The van der Waals surface area contributed by atoms with Crippen LogP contribution in [0.25, 0.3) is 0 Å². The van der Waals surface area contributed by atoms with Gasteiger partial charge in [-0.1, -0.05) is 0 Å². The molecule has 1 aromatic rings. The van der Waals surface area contributed by atoms with Crippen molar-refractivity contribution in [2.24, 2.45) is 0 Å². The maximum Gasteiger partial charge on any atom is 0.165 e. The fourth-order valence-corrected chi connectivity index (χ4v) is 1.82. The first kappa shape index (κ1) is 11.3. The van der Waals surface area contributed by atoms with E-state index in [1.165, 1.54) is 0 Å². The third-order valence-corrected chi connectivity index (χ3v) is 2.69. The minimum atomic E-state index is -0.378. The van der Waals surface area contributed by atoms with E-state index in [0.29, 0.717) is 19.0 Å². The molecule has 2 heterocycles. The highest BCUT2D eigenvalue weighted by Crippen LogP contribution is 2.24. The molecule has 2 rings (SSSR count). The summed E-state index contributed by atoms with van der Waals surface area (Å²) in [6, 6.07) is 0. The molecule has 1 aliphatic rings. The molecule has 16 heavy (non-hydrogen) atoms. The van der Waals surface area contributed by atoms with Crippen LogP contribution in [0.1, 0.15) is 26.2 Å². The second-order valence-electron chi connectivity index (χ2n) is 4.15. The quantitative estimate of drug-likeness (QED) is 0.751. The van der Waals surface area contributed by atoms with Crippen LogP contribution in [-0.4, -0.2) is 34.0 Å². The molecule has 0 radical (unpaired) electrons. The molecule has 1 fully saturated rings. The van der Waals surface area contributed by atoms with E-state index in [1.807, 2.05) is 6.92 Å². The van der Waals surface area contributed by atoms with Gasteiger partial charge in [-0.25, -0.2) is 0 Å². The molecule has 6 heteroatoms. The lowest BCUT2D eigenvalue weighted by Gasteiger charge is -2.21. The maximum atomic E-state index is 5.52. The average Bonchev–Trinajstić information content (AvgIpc) is 2.84. The van der Waals surface area contributed by atoms with E-state index in [9.17, 15) is 0 Å². The Morgan fingerprint density at radius 3 is 2.81 bits per heavy atom. The van der Waals surface area contributed by atoms with Gasteiger partial charge in [0, 0.05) is 6.42 Å². The zero-order valence-corrected chi connectivity index (χ0v) is 9.56. The Labute approximate surface area is 94.7 Å². The molecule has 1 aromatic heterocycles. The van der Waals surface area contributed by atoms with Crippen molar-refractivity contribution >= 4 is 5.82 Å². The van der Waals surface area contributed by atoms with Crippen LogP contribution in [0, 0.1) is 0 Å². The summed E-state index contributed by atoms with van der Waals surface area (Å²) in [7, 11) is 0. The Morgan fingerprint density at radius 1 is 1.44 bits per heavy atom. The summed E-state index contributed by atoms with van der Waals surface area (Å²) in [5.74, 6) is 0.0887. The minimum Gasteiger partial charge on any atom is -0.381 e. The Bertz CT molecular complexity index is 333. The van der Waals surface area contributed by atoms with Crippen molar-refractivity contribution < 1.29 is 9.47 Å². The summed E-state index contributed by atoms with van der Waals surface area (Å²) in [6.07, 6.45) is 4.49. The minimum absolute atomic E-state index is 0.378. The molecule has 0 amide bonds. The van der Waals surface area contributed by atoms with E-state index in [-0.39, 0.29) is 5.79 Å². The summed E-state index contributed by atoms with van der Waals surface area (Å²) >= 11 is 0. The van der Waals surface area contributed by atoms with E-state index in [0.717, 1.165) is 25.8 Å². The van der Waals surface area contributed by atoms with Crippen molar-refractivity contribution in [3.63, 3.8) is 0 Å². The zero-order chi connectivity index (χ0) is 11.4. The number of anilines is 1. The summed E-state index contributed by atoms with van der Waals surface area (Å²) in [6.45, 7) is 4.18. The molecule has 1 aliphatic heterocycles. The second kappa shape index (κ2) is 4.80. The molecular formula is C10H18N4O2. The smallest absolute Gasteiger partial charge is 0.165 e. The van der Waals surface area contributed by atoms with Gasteiger partial charge in [-0.15, -0.1) is 5.10 Å². The lowest BCUT2D eigenvalue weighted by atomic mass is 10.1. The molecule has 1 saturated heterocycles. The van der Waals surface area contributed by atoms with E-state index in [2.05, 4.69) is 10.2 Å². The highest BCUT2D eigenvalue weighted by atomic mass is 16.7. The van der Waals surface area contributed by atoms with E-state index < -0.39 is 0 Å².